The standard InChI is InChI=1S/C14H16N4OS/c1-10-6-7-13(11(8-10)9-19)20-14-15-16-17-18(14)12-4-2-3-5-12/h6-9,12H,2-5H2,1H3. The summed E-state index contributed by atoms with van der Waals surface area (Å²) in [5.41, 5.74) is 1.77. The van der Waals surface area contributed by atoms with Gasteiger partial charge in [0.25, 0.3) is 0 Å². The van der Waals surface area contributed by atoms with Gasteiger partial charge in [-0.1, -0.05) is 24.5 Å². The fraction of sp³-hybridized carbons (Fsp3) is 0.429. The lowest BCUT2D eigenvalue weighted by atomic mass is 10.2. The summed E-state index contributed by atoms with van der Waals surface area (Å²) in [6, 6.07) is 6.24. The Hall–Kier alpha value is -1.69. The van der Waals surface area contributed by atoms with Crippen LogP contribution in [-0.2, 0) is 0 Å². The molecule has 1 aromatic heterocycles. The van der Waals surface area contributed by atoms with Gasteiger partial charge in [0.2, 0.25) is 5.16 Å². The molecule has 1 aliphatic rings. The molecule has 1 aliphatic carbocycles. The van der Waals surface area contributed by atoms with Gasteiger partial charge in [-0.25, -0.2) is 4.68 Å². The van der Waals surface area contributed by atoms with Crippen molar-refractivity contribution >= 4 is 18.0 Å². The molecule has 0 bridgehead atoms. The number of tetrazole rings is 1. The highest BCUT2D eigenvalue weighted by atomic mass is 32.2. The van der Waals surface area contributed by atoms with Crippen molar-refractivity contribution in [2.45, 2.75) is 48.7 Å². The maximum atomic E-state index is 11.2. The van der Waals surface area contributed by atoms with Gasteiger partial charge >= 0.3 is 0 Å². The number of aromatic nitrogens is 4. The Bertz CT molecular complexity index is 619. The molecule has 6 heteroatoms. The molecule has 0 unspecified atom stereocenters. The van der Waals surface area contributed by atoms with E-state index in [9.17, 15) is 4.79 Å². The van der Waals surface area contributed by atoms with Gasteiger partial charge in [-0.2, -0.15) is 0 Å². The van der Waals surface area contributed by atoms with E-state index in [1.54, 1.807) is 0 Å². The average Bonchev–Trinajstić information content (AvgIpc) is 3.11. The first kappa shape index (κ1) is 13.3. The summed E-state index contributed by atoms with van der Waals surface area (Å²) >= 11 is 1.46. The van der Waals surface area contributed by atoms with Crippen molar-refractivity contribution in [1.29, 1.82) is 0 Å². The molecule has 0 radical (unpaired) electrons. The molecule has 0 aliphatic heterocycles. The van der Waals surface area contributed by atoms with Gasteiger partial charge in [0, 0.05) is 10.5 Å². The highest BCUT2D eigenvalue weighted by Crippen LogP contribution is 2.34. The van der Waals surface area contributed by atoms with Crippen LogP contribution in [0.5, 0.6) is 0 Å². The molecule has 2 aromatic rings. The predicted molar refractivity (Wildman–Crippen MR) is 76.0 cm³/mol. The summed E-state index contributed by atoms with van der Waals surface area (Å²) in [6.07, 6.45) is 5.62. The second-order valence-electron chi connectivity index (χ2n) is 5.11. The molecule has 0 saturated heterocycles. The third kappa shape index (κ3) is 2.60. The van der Waals surface area contributed by atoms with Crippen molar-refractivity contribution in [1.82, 2.24) is 20.2 Å². The van der Waals surface area contributed by atoms with E-state index in [1.165, 1.54) is 24.6 Å². The second kappa shape index (κ2) is 5.75. The molecular formula is C14H16N4OS. The van der Waals surface area contributed by atoms with E-state index in [4.69, 9.17) is 0 Å². The SMILES string of the molecule is Cc1ccc(Sc2nnnn2C2CCCC2)c(C=O)c1. The minimum Gasteiger partial charge on any atom is -0.298 e. The zero-order valence-corrected chi connectivity index (χ0v) is 12.1. The highest BCUT2D eigenvalue weighted by Gasteiger charge is 2.22. The molecule has 0 amide bonds. The van der Waals surface area contributed by atoms with Crippen LogP contribution in [0.4, 0.5) is 0 Å². The van der Waals surface area contributed by atoms with Crippen LogP contribution in [0.1, 0.15) is 47.6 Å². The van der Waals surface area contributed by atoms with Crippen molar-refractivity contribution in [3.63, 3.8) is 0 Å². The van der Waals surface area contributed by atoms with Gasteiger partial charge in [-0.3, -0.25) is 4.79 Å². The molecule has 5 nitrogen and oxygen atoms in total. The molecule has 0 atom stereocenters. The Balaban J connectivity index is 1.88. The number of carbonyl (C=O) groups excluding carboxylic acids is 1. The molecule has 0 spiro atoms. The van der Waals surface area contributed by atoms with Gasteiger partial charge in [0.05, 0.1) is 6.04 Å². The zero-order chi connectivity index (χ0) is 13.9. The number of carbonyl (C=O) groups is 1. The van der Waals surface area contributed by atoms with Crippen LogP contribution in [0.25, 0.3) is 0 Å². The summed E-state index contributed by atoms with van der Waals surface area (Å²) < 4.78 is 1.91. The van der Waals surface area contributed by atoms with Crippen LogP contribution in [0, 0.1) is 6.92 Å². The normalized spacial score (nSPS) is 15.7. The van der Waals surface area contributed by atoms with Gasteiger partial charge in [0.15, 0.2) is 6.29 Å². The summed E-state index contributed by atoms with van der Waals surface area (Å²) in [7, 11) is 0. The van der Waals surface area contributed by atoms with Crippen molar-refractivity contribution < 1.29 is 4.79 Å². The zero-order valence-electron chi connectivity index (χ0n) is 11.3. The first-order valence-corrected chi connectivity index (χ1v) is 7.61. The number of aldehydes is 1. The molecule has 1 aromatic carbocycles. The first-order chi connectivity index (χ1) is 9.78. The van der Waals surface area contributed by atoms with Crippen LogP contribution in [0.2, 0.25) is 0 Å². The molecular weight excluding hydrogens is 272 g/mol. The van der Waals surface area contributed by atoms with Gasteiger partial charge in [-0.15, -0.1) is 5.10 Å². The van der Waals surface area contributed by atoms with Gasteiger partial charge in [0.1, 0.15) is 0 Å². The smallest absolute Gasteiger partial charge is 0.214 e. The third-order valence-corrected chi connectivity index (χ3v) is 4.67. The molecule has 1 heterocycles. The van der Waals surface area contributed by atoms with Crippen molar-refractivity contribution in [3.8, 4) is 0 Å². The van der Waals surface area contributed by atoms with Crippen molar-refractivity contribution in [2.75, 3.05) is 0 Å². The summed E-state index contributed by atoms with van der Waals surface area (Å²) in [5, 5.41) is 12.8. The van der Waals surface area contributed by atoms with E-state index in [1.807, 2.05) is 29.8 Å². The molecule has 1 fully saturated rings. The Morgan fingerprint density at radius 2 is 2.15 bits per heavy atom. The van der Waals surface area contributed by atoms with Crippen molar-refractivity contribution in [3.05, 3.63) is 29.3 Å². The Kier molecular flexibility index (Phi) is 3.82. The van der Waals surface area contributed by atoms with E-state index in [0.29, 0.717) is 11.6 Å². The maximum absolute atomic E-state index is 11.2. The number of aryl methyl sites for hydroxylation is 1. The number of benzene rings is 1. The predicted octanol–water partition coefficient (Wildman–Crippen LogP) is 3.06. The Morgan fingerprint density at radius 3 is 2.90 bits per heavy atom. The number of hydrogen-bond donors (Lipinski definition) is 0. The van der Waals surface area contributed by atoms with E-state index < -0.39 is 0 Å². The van der Waals surface area contributed by atoms with E-state index >= 15 is 0 Å². The second-order valence-corrected chi connectivity index (χ2v) is 6.11. The third-order valence-electron chi connectivity index (χ3n) is 3.63. The van der Waals surface area contributed by atoms with Gasteiger partial charge in [-0.05, 0) is 54.1 Å². The van der Waals surface area contributed by atoms with Crippen molar-refractivity contribution in [2.24, 2.45) is 0 Å². The lowest BCUT2D eigenvalue weighted by molar-refractivity contribution is 0.112. The monoisotopic (exact) mass is 288 g/mol. The van der Waals surface area contributed by atoms with Crippen LogP contribution >= 0.6 is 11.8 Å². The minimum atomic E-state index is 0.401. The number of rotatable bonds is 4. The van der Waals surface area contributed by atoms with Crippen LogP contribution in [0.3, 0.4) is 0 Å². The first-order valence-electron chi connectivity index (χ1n) is 6.79. The quantitative estimate of drug-likeness (QED) is 0.809. The van der Waals surface area contributed by atoms with E-state index in [0.717, 1.165) is 34.7 Å². The van der Waals surface area contributed by atoms with Crippen LogP contribution in [-0.4, -0.2) is 26.5 Å². The summed E-state index contributed by atoms with van der Waals surface area (Å²) in [4.78, 5) is 12.1. The van der Waals surface area contributed by atoms with Gasteiger partial charge < -0.3 is 0 Å². The Morgan fingerprint density at radius 1 is 1.35 bits per heavy atom. The molecule has 104 valence electrons. The number of nitrogens with zero attached hydrogens (tertiary/aromatic N) is 4. The number of hydrogen-bond acceptors (Lipinski definition) is 5. The molecule has 20 heavy (non-hydrogen) atoms. The largest absolute Gasteiger partial charge is 0.298 e. The van der Waals surface area contributed by atoms with Crippen LogP contribution in [0.15, 0.2) is 28.3 Å². The fourth-order valence-corrected chi connectivity index (χ4v) is 3.50. The summed E-state index contributed by atoms with van der Waals surface area (Å²) in [5.74, 6) is 0. The van der Waals surface area contributed by atoms with E-state index in [2.05, 4.69) is 15.5 Å². The molecule has 3 rings (SSSR count). The molecule has 0 N–H and O–H groups in total. The van der Waals surface area contributed by atoms with E-state index in [-0.39, 0.29) is 0 Å². The lowest BCUT2D eigenvalue weighted by Gasteiger charge is -2.11. The highest BCUT2D eigenvalue weighted by molar-refractivity contribution is 7.99. The maximum Gasteiger partial charge on any atom is 0.214 e. The lowest BCUT2D eigenvalue weighted by Crippen LogP contribution is -2.08. The average molecular weight is 288 g/mol. The summed E-state index contributed by atoms with van der Waals surface area (Å²) in [6.45, 7) is 1.98. The van der Waals surface area contributed by atoms with Crippen LogP contribution < -0.4 is 0 Å². The Labute approximate surface area is 121 Å². The topological polar surface area (TPSA) is 60.7 Å². The molecule has 1 saturated carbocycles. The minimum absolute atomic E-state index is 0.401. The fourth-order valence-electron chi connectivity index (χ4n) is 2.58.